The molecule has 1 heterocycles. The zero-order valence-corrected chi connectivity index (χ0v) is 27.3. The van der Waals surface area contributed by atoms with Gasteiger partial charge in [-0.3, -0.25) is 0 Å². The first-order chi connectivity index (χ1) is 24.8. The van der Waals surface area contributed by atoms with Crippen LogP contribution < -0.4 is 4.90 Å². The predicted octanol–water partition coefficient (Wildman–Crippen LogP) is 13.7. The van der Waals surface area contributed by atoms with Crippen molar-refractivity contribution in [3.05, 3.63) is 188 Å². The number of anilines is 3. The van der Waals surface area contributed by atoms with Crippen molar-refractivity contribution in [2.75, 3.05) is 4.90 Å². The van der Waals surface area contributed by atoms with E-state index in [1.54, 1.807) is 0 Å². The third-order valence-corrected chi connectivity index (χ3v) is 10.1. The minimum atomic E-state index is 0.889. The molecular weight excluding hydrogens is 607 g/mol. The van der Waals surface area contributed by atoms with Gasteiger partial charge >= 0.3 is 0 Å². The molecule has 1 aromatic heterocycles. The Morgan fingerprint density at radius 3 is 1.40 bits per heavy atom. The van der Waals surface area contributed by atoms with E-state index in [9.17, 15) is 0 Å². The number of benzene rings is 8. The maximum Gasteiger partial charge on any atom is 0.135 e. The molecule has 10 rings (SSSR count). The molecule has 1 aliphatic rings. The van der Waals surface area contributed by atoms with E-state index in [2.05, 4.69) is 181 Å². The number of nitrogens with zero attached hydrogens (tertiary/aromatic N) is 1. The first-order valence-electron chi connectivity index (χ1n) is 17.1. The van der Waals surface area contributed by atoms with E-state index in [0.29, 0.717) is 0 Å². The van der Waals surface area contributed by atoms with Gasteiger partial charge in [0, 0.05) is 27.8 Å². The zero-order valence-electron chi connectivity index (χ0n) is 27.3. The van der Waals surface area contributed by atoms with Crippen molar-refractivity contribution in [1.29, 1.82) is 0 Å². The second-order valence-corrected chi connectivity index (χ2v) is 12.9. The molecule has 0 unspecified atom stereocenters. The lowest BCUT2D eigenvalue weighted by Gasteiger charge is -2.26. The summed E-state index contributed by atoms with van der Waals surface area (Å²) >= 11 is 0. The average molecular weight is 638 g/mol. The second kappa shape index (κ2) is 11.5. The standard InChI is InChI=1S/C48H31NO/c1-2-11-32(12-3-1)33-21-25-35(26-22-33)49(37-29-30-47-45(31-37)42-17-8-9-20-46(42)50-47)36-27-23-34(24-28-36)48-43-18-10-19-44(48)41-16-7-5-14-39(41)38-13-4-6-15-40(38)43/h1-31H. The fourth-order valence-electron chi connectivity index (χ4n) is 7.73. The van der Waals surface area contributed by atoms with Crippen LogP contribution in [0.3, 0.4) is 0 Å². The average Bonchev–Trinajstić information content (AvgIpc) is 3.54. The van der Waals surface area contributed by atoms with Crippen molar-refractivity contribution >= 4 is 39.0 Å². The van der Waals surface area contributed by atoms with E-state index >= 15 is 0 Å². The van der Waals surface area contributed by atoms with Crippen LogP contribution in [0, 0.1) is 0 Å². The minimum absolute atomic E-state index is 0.889. The molecule has 0 radical (unpaired) electrons. The Kier molecular flexibility index (Phi) is 6.53. The Morgan fingerprint density at radius 2 is 0.760 bits per heavy atom. The topological polar surface area (TPSA) is 16.4 Å². The number of hydrogen-bond donors (Lipinski definition) is 0. The molecule has 1 aliphatic carbocycles. The normalized spacial score (nSPS) is 11.6. The lowest BCUT2D eigenvalue weighted by molar-refractivity contribution is 0.669. The molecule has 9 aromatic rings. The molecule has 234 valence electrons. The van der Waals surface area contributed by atoms with E-state index in [1.165, 1.54) is 55.6 Å². The van der Waals surface area contributed by atoms with Gasteiger partial charge in [0.1, 0.15) is 11.2 Å². The van der Waals surface area contributed by atoms with E-state index in [4.69, 9.17) is 4.42 Å². The highest BCUT2D eigenvalue weighted by Gasteiger charge is 2.23. The number of para-hydroxylation sites is 1. The van der Waals surface area contributed by atoms with Crippen molar-refractivity contribution in [2.24, 2.45) is 0 Å². The van der Waals surface area contributed by atoms with Crippen LogP contribution in [0.4, 0.5) is 17.1 Å². The molecule has 2 heteroatoms. The van der Waals surface area contributed by atoms with E-state index in [1.807, 2.05) is 12.1 Å². The monoisotopic (exact) mass is 637 g/mol. The summed E-state index contributed by atoms with van der Waals surface area (Å²) in [5, 5.41) is 2.23. The van der Waals surface area contributed by atoms with E-state index in [0.717, 1.165) is 39.0 Å². The Balaban J connectivity index is 1.13. The number of furan rings is 1. The number of rotatable bonds is 5. The maximum atomic E-state index is 6.21. The molecular formula is C48H31NO. The third-order valence-electron chi connectivity index (χ3n) is 10.1. The van der Waals surface area contributed by atoms with Crippen LogP contribution in [0.5, 0.6) is 0 Å². The molecule has 0 spiro atoms. The van der Waals surface area contributed by atoms with Gasteiger partial charge in [-0.1, -0.05) is 140 Å². The Morgan fingerprint density at radius 1 is 0.300 bits per heavy atom. The summed E-state index contributed by atoms with van der Waals surface area (Å²) in [4.78, 5) is 2.34. The van der Waals surface area contributed by atoms with Crippen LogP contribution in [0.15, 0.2) is 192 Å². The van der Waals surface area contributed by atoms with E-state index in [-0.39, 0.29) is 0 Å². The molecule has 0 aliphatic heterocycles. The molecule has 2 bridgehead atoms. The summed E-state index contributed by atoms with van der Waals surface area (Å²) in [7, 11) is 0. The zero-order chi connectivity index (χ0) is 33.0. The molecule has 0 N–H and O–H groups in total. The Hall–Kier alpha value is -6.64. The van der Waals surface area contributed by atoms with Crippen LogP contribution in [0.2, 0.25) is 0 Å². The minimum Gasteiger partial charge on any atom is -0.456 e. The first kappa shape index (κ1) is 28.4. The molecule has 0 amide bonds. The van der Waals surface area contributed by atoms with Crippen LogP contribution in [0.1, 0.15) is 0 Å². The van der Waals surface area contributed by atoms with Gasteiger partial charge in [0.15, 0.2) is 0 Å². The second-order valence-electron chi connectivity index (χ2n) is 12.9. The highest BCUT2D eigenvalue weighted by Crippen LogP contribution is 2.50. The quantitative estimate of drug-likeness (QED) is 0.187. The van der Waals surface area contributed by atoms with Gasteiger partial charge in [-0.2, -0.15) is 0 Å². The molecule has 0 atom stereocenters. The van der Waals surface area contributed by atoms with Crippen LogP contribution in [0.25, 0.3) is 77.6 Å². The summed E-state index contributed by atoms with van der Waals surface area (Å²) < 4.78 is 6.21. The summed E-state index contributed by atoms with van der Waals surface area (Å²) in [6.45, 7) is 0. The fraction of sp³-hybridized carbons (Fsp3) is 0. The maximum absolute atomic E-state index is 6.21. The molecule has 2 nitrogen and oxygen atoms in total. The fourth-order valence-corrected chi connectivity index (χ4v) is 7.73. The van der Waals surface area contributed by atoms with Gasteiger partial charge in [0.2, 0.25) is 0 Å². The third kappa shape index (κ3) is 4.57. The van der Waals surface area contributed by atoms with Gasteiger partial charge in [-0.15, -0.1) is 0 Å². The van der Waals surface area contributed by atoms with Gasteiger partial charge in [0.25, 0.3) is 0 Å². The largest absolute Gasteiger partial charge is 0.456 e. The molecule has 0 saturated carbocycles. The molecule has 0 fully saturated rings. The van der Waals surface area contributed by atoms with Crippen molar-refractivity contribution < 1.29 is 4.42 Å². The predicted molar refractivity (Wildman–Crippen MR) is 209 cm³/mol. The highest BCUT2D eigenvalue weighted by atomic mass is 16.3. The lowest BCUT2D eigenvalue weighted by atomic mass is 9.89. The van der Waals surface area contributed by atoms with Crippen LogP contribution in [-0.4, -0.2) is 0 Å². The summed E-state index contributed by atoms with van der Waals surface area (Å²) in [5.41, 5.74) is 17.5. The van der Waals surface area contributed by atoms with E-state index < -0.39 is 0 Å². The van der Waals surface area contributed by atoms with Crippen molar-refractivity contribution in [3.8, 4) is 55.6 Å². The molecule has 0 saturated heterocycles. The van der Waals surface area contributed by atoms with Gasteiger partial charge in [0.05, 0.1) is 0 Å². The number of fused-ring (bicyclic) bond motifs is 10. The SMILES string of the molecule is c1ccc(-c2ccc(N(c3ccc(-c4c5cccc4-c4ccccc4-c4ccccc4-5)cc3)c3ccc4oc5ccccc5c4c3)cc2)cc1. The lowest BCUT2D eigenvalue weighted by Crippen LogP contribution is -2.09. The van der Waals surface area contributed by atoms with Crippen molar-refractivity contribution in [2.45, 2.75) is 0 Å². The van der Waals surface area contributed by atoms with Crippen molar-refractivity contribution in [1.82, 2.24) is 0 Å². The van der Waals surface area contributed by atoms with Gasteiger partial charge in [-0.25, -0.2) is 0 Å². The van der Waals surface area contributed by atoms with Gasteiger partial charge < -0.3 is 9.32 Å². The van der Waals surface area contributed by atoms with Crippen molar-refractivity contribution in [3.63, 3.8) is 0 Å². The summed E-state index contributed by atoms with van der Waals surface area (Å²) in [6, 6.07) is 67.6. The molecule has 50 heavy (non-hydrogen) atoms. The molecule has 8 aromatic carbocycles. The smallest absolute Gasteiger partial charge is 0.135 e. The Labute approximate surface area is 291 Å². The Bertz CT molecular complexity index is 2620. The van der Waals surface area contributed by atoms with Crippen LogP contribution in [-0.2, 0) is 0 Å². The summed E-state index contributed by atoms with van der Waals surface area (Å²) in [5.74, 6) is 0. The summed E-state index contributed by atoms with van der Waals surface area (Å²) in [6.07, 6.45) is 0. The van der Waals surface area contributed by atoms with Gasteiger partial charge in [-0.05, 0) is 104 Å². The number of hydrogen-bond acceptors (Lipinski definition) is 2. The first-order valence-corrected chi connectivity index (χ1v) is 17.1. The highest BCUT2D eigenvalue weighted by molar-refractivity contribution is 6.07. The van der Waals surface area contributed by atoms with Crippen LogP contribution >= 0.6 is 0 Å².